The van der Waals surface area contributed by atoms with Crippen molar-refractivity contribution >= 4 is 23.4 Å². The predicted octanol–water partition coefficient (Wildman–Crippen LogP) is 4.66. The number of para-hydroxylation sites is 1. The molecule has 178 valence electrons. The van der Waals surface area contributed by atoms with Crippen LogP contribution in [0.4, 0.5) is 5.69 Å². The van der Waals surface area contributed by atoms with Crippen LogP contribution in [0.3, 0.4) is 0 Å². The SMILES string of the molecule is Cc1ccc(-n2c(COc3ccccc3)nnc2SCC(=O)Nc2ccc3c(c2)OCCO3)cc1. The predicted molar refractivity (Wildman–Crippen MR) is 134 cm³/mol. The highest BCUT2D eigenvalue weighted by atomic mass is 32.2. The average Bonchev–Trinajstić information content (AvgIpc) is 3.30. The van der Waals surface area contributed by atoms with E-state index in [1.165, 1.54) is 11.8 Å². The van der Waals surface area contributed by atoms with Crippen LogP contribution >= 0.6 is 11.8 Å². The lowest BCUT2D eigenvalue weighted by atomic mass is 10.2. The van der Waals surface area contributed by atoms with Crippen molar-refractivity contribution in [3.05, 3.63) is 84.2 Å². The summed E-state index contributed by atoms with van der Waals surface area (Å²) in [5, 5.41) is 12.2. The molecule has 35 heavy (non-hydrogen) atoms. The van der Waals surface area contributed by atoms with Gasteiger partial charge in [0.1, 0.15) is 25.6 Å². The summed E-state index contributed by atoms with van der Waals surface area (Å²) >= 11 is 1.31. The lowest BCUT2D eigenvalue weighted by molar-refractivity contribution is -0.113. The fraction of sp³-hybridized carbons (Fsp3) is 0.192. The van der Waals surface area contributed by atoms with Crippen LogP contribution in [0.1, 0.15) is 11.4 Å². The fourth-order valence-corrected chi connectivity index (χ4v) is 4.32. The van der Waals surface area contributed by atoms with Crippen molar-refractivity contribution in [3.8, 4) is 22.9 Å². The minimum absolute atomic E-state index is 0.160. The maximum absolute atomic E-state index is 12.7. The third kappa shape index (κ3) is 5.58. The van der Waals surface area contributed by atoms with Crippen molar-refractivity contribution in [2.45, 2.75) is 18.7 Å². The lowest BCUT2D eigenvalue weighted by Crippen LogP contribution is -2.17. The Balaban J connectivity index is 1.29. The number of hydrogen-bond donors (Lipinski definition) is 1. The first-order valence-corrected chi connectivity index (χ1v) is 12.2. The minimum Gasteiger partial charge on any atom is -0.486 e. The molecular formula is C26H24N4O4S. The zero-order chi connectivity index (χ0) is 24.0. The number of aromatic nitrogens is 3. The van der Waals surface area contributed by atoms with E-state index in [1.807, 2.05) is 66.1 Å². The molecule has 5 rings (SSSR count). The maximum atomic E-state index is 12.7. The number of amides is 1. The third-order valence-corrected chi connectivity index (χ3v) is 6.19. The van der Waals surface area contributed by atoms with Crippen molar-refractivity contribution in [1.29, 1.82) is 0 Å². The summed E-state index contributed by atoms with van der Waals surface area (Å²) < 4.78 is 19.0. The molecule has 1 aromatic heterocycles. The number of benzene rings is 3. The van der Waals surface area contributed by atoms with Crippen molar-refractivity contribution in [1.82, 2.24) is 14.8 Å². The largest absolute Gasteiger partial charge is 0.486 e. The Kier molecular flexibility index (Phi) is 6.85. The molecule has 4 aromatic rings. The van der Waals surface area contributed by atoms with Gasteiger partial charge in [-0.25, -0.2) is 0 Å². The second-order valence-electron chi connectivity index (χ2n) is 7.87. The van der Waals surface area contributed by atoms with Crippen molar-refractivity contribution in [3.63, 3.8) is 0 Å². The Morgan fingerprint density at radius 3 is 2.57 bits per heavy atom. The molecule has 0 saturated carbocycles. The van der Waals surface area contributed by atoms with E-state index in [9.17, 15) is 4.79 Å². The third-order valence-electron chi connectivity index (χ3n) is 5.26. The molecule has 0 aliphatic carbocycles. The monoisotopic (exact) mass is 488 g/mol. The number of anilines is 1. The number of nitrogens with zero attached hydrogens (tertiary/aromatic N) is 3. The number of hydrogen-bond acceptors (Lipinski definition) is 7. The molecule has 0 spiro atoms. The van der Waals surface area contributed by atoms with E-state index in [2.05, 4.69) is 15.5 Å². The number of fused-ring (bicyclic) bond motifs is 1. The van der Waals surface area contributed by atoms with Gasteiger partial charge in [0.2, 0.25) is 5.91 Å². The van der Waals surface area contributed by atoms with Crippen molar-refractivity contribution in [2.24, 2.45) is 0 Å². The van der Waals surface area contributed by atoms with Gasteiger partial charge < -0.3 is 19.5 Å². The van der Waals surface area contributed by atoms with Gasteiger partial charge >= 0.3 is 0 Å². The molecule has 0 unspecified atom stereocenters. The lowest BCUT2D eigenvalue weighted by Gasteiger charge is -2.19. The number of carbonyl (C=O) groups is 1. The van der Waals surface area contributed by atoms with Crippen molar-refractivity contribution < 1.29 is 19.0 Å². The molecule has 1 N–H and O–H groups in total. The molecule has 2 heterocycles. The highest BCUT2D eigenvalue weighted by Gasteiger charge is 2.17. The van der Waals surface area contributed by atoms with Gasteiger partial charge in [-0.15, -0.1) is 10.2 Å². The molecule has 1 amide bonds. The molecule has 0 atom stereocenters. The van der Waals surface area contributed by atoms with E-state index in [1.54, 1.807) is 18.2 Å². The van der Waals surface area contributed by atoms with Crippen molar-refractivity contribution in [2.75, 3.05) is 24.3 Å². The molecule has 0 fully saturated rings. The van der Waals surface area contributed by atoms with Crippen LogP contribution in [0.2, 0.25) is 0 Å². The standard InChI is InChI=1S/C26H24N4O4S/c1-18-7-10-20(11-8-18)30-24(16-34-21-5-3-2-4-6-21)28-29-26(30)35-17-25(31)27-19-9-12-22-23(15-19)33-14-13-32-22/h2-12,15H,13-14,16-17H2,1H3,(H,27,31). The van der Waals surface area contributed by atoms with E-state index < -0.39 is 0 Å². The van der Waals surface area contributed by atoms with Crippen LogP contribution in [0.5, 0.6) is 17.2 Å². The molecule has 8 nitrogen and oxygen atoms in total. The Morgan fingerprint density at radius 1 is 1.00 bits per heavy atom. The van der Waals surface area contributed by atoms with Crippen LogP contribution in [0.15, 0.2) is 78.0 Å². The number of nitrogens with one attached hydrogen (secondary N) is 1. The fourth-order valence-electron chi connectivity index (χ4n) is 3.55. The quantitative estimate of drug-likeness (QED) is 0.361. The van der Waals surface area contributed by atoms with E-state index in [0.717, 1.165) is 17.0 Å². The zero-order valence-electron chi connectivity index (χ0n) is 19.1. The van der Waals surface area contributed by atoms with E-state index in [4.69, 9.17) is 14.2 Å². The minimum atomic E-state index is -0.160. The van der Waals surface area contributed by atoms with Gasteiger partial charge in [-0.3, -0.25) is 9.36 Å². The smallest absolute Gasteiger partial charge is 0.234 e. The highest BCUT2D eigenvalue weighted by Crippen LogP contribution is 2.32. The number of carbonyl (C=O) groups excluding carboxylic acids is 1. The molecule has 0 radical (unpaired) electrons. The summed E-state index contributed by atoms with van der Waals surface area (Å²) in [5.74, 6) is 2.71. The molecule has 0 saturated heterocycles. The average molecular weight is 489 g/mol. The summed E-state index contributed by atoms with van der Waals surface area (Å²) in [4.78, 5) is 12.7. The maximum Gasteiger partial charge on any atom is 0.234 e. The van der Waals surface area contributed by atoms with Crippen LogP contribution < -0.4 is 19.5 Å². The Morgan fingerprint density at radius 2 is 1.77 bits per heavy atom. The van der Waals surface area contributed by atoms with Gasteiger partial charge in [0.05, 0.1) is 5.75 Å². The number of thioether (sulfide) groups is 1. The molecule has 0 bridgehead atoms. The van der Waals surface area contributed by atoms with Gasteiger partial charge in [-0.1, -0.05) is 47.7 Å². The summed E-state index contributed by atoms with van der Waals surface area (Å²) in [7, 11) is 0. The first-order chi connectivity index (χ1) is 17.2. The zero-order valence-corrected chi connectivity index (χ0v) is 20.0. The Bertz CT molecular complexity index is 1310. The topological polar surface area (TPSA) is 87.5 Å². The van der Waals surface area contributed by atoms with Crippen LogP contribution in [0, 0.1) is 6.92 Å². The van der Waals surface area contributed by atoms with E-state index in [0.29, 0.717) is 41.4 Å². The number of aryl methyl sites for hydroxylation is 1. The Hall–Kier alpha value is -3.98. The second kappa shape index (κ2) is 10.5. The molecular weight excluding hydrogens is 464 g/mol. The van der Waals surface area contributed by atoms with Gasteiger partial charge in [0.15, 0.2) is 22.5 Å². The van der Waals surface area contributed by atoms with Gasteiger partial charge in [-0.05, 0) is 43.3 Å². The summed E-state index contributed by atoms with van der Waals surface area (Å²) in [6.45, 7) is 3.29. The van der Waals surface area contributed by atoms with Gasteiger partial charge in [0, 0.05) is 17.4 Å². The van der Waals surface area contributed by atoms with Gasteiger partial charge in [-0.2, -0.15) is 0 Å². The van der Waals surface area contributed by atoms with E-state index in [-0.39, 0.29) is 18.3 Å². The molecule has 3 aromatic carbocycles. The number of ether oxygens (including phenoxy) is 3. The first kappa shape index (κ1) is 22.8. The molecule has 1 aliphatic rings. The van der Waals surface area contributed by atoms with Gasteiger partial charge in [0.25, 0.3) is 0 Å². The summed E-state index contributed by atoms with van der Waals surface area (Å²) in [5.41, 5.74) is 2.70. The second-order valence-corrected chi connectivity index (χ2v) is 8.81. The van der Waals surface area contributed by atoms with E-state index >= 15 is 0 Å². The van der Waals surface area contributed by atoms with Crippen LogP contribution in [-0.2, 0) is 11.4 Å². The Labute approximate surface area is 207 Å². The molecule has 9 heteroatoms. The van der Waals surface area contributed by atoms with Crippen LogP contribution in [0.25, 0.3) is 5.69 Å². The highest BCUT2D eigenvalue weighted by molar-refractivity contribution is 7.99. The summed E-state index contributed by atoms with van der Waals surface area (Å²) in [6.07, 6.45) is 0. The summed E-state index contributed by atoms with van der Waals surface area (Å²) in [6, 6.07) is 23.0. The normalized spacial score (nSPS) is 12.3. The molecule has 1 aliphatic heterocycles. The first-order valence-electron chi connectivity index (χ1n) is 11.2. The van der Waals surface area contributed by atoms with Crippen LogP contribution in [-0.4, -0.2) is 39.6 Å². The number of rotatable bonds is 8.